The minimum absolute atomic E-state index is 0.102. The molecular weight excluding hydrogens is 1280 g/mol. The number of hydrogen-bond donors (Lipinski definition) is 3. The molecule has 0 aliphatic carbocycles. The molecule has 17 nitrogen and oxygen atoms in total. The highest BCUT2D eigenvalue weighted by Crippen LogP contribution is 2.45. The number of rotatable bonds is 77. The smallest absolute Gasteiger partial charge is 0.462 e. The number of hydrogen-bond acceptors (Lipinski definition) is 15. The Hall–Kier alpha value is -2.46. The van der Waals surface area contributed by atoms with Crippen LogP contribution >= 0.6 is 15.6 Å². The van der Waals surface area contributed by atoms with Gasteiger partial charge in [0, 0.05) is 25.7 Å². The van der Waals surface area contributed by atoms with Gasteiger partial charge in [0.15, 0.2) is 12.2 Å². The van der Waals surface area contributed by atoms with Gasteiger partial charge in [0.05, 0.1) is 26.4 Å². The Morgan fingerprint density at radius 3 is 0.867 bits per heavy atom. The Morgan fingerprint density at radius 2 is 0.571 bits per heavy atom. The molecular formula is C79H150O17P2. The van der Waals surface area contributed by atoms with Crippen LogP contribution in [0.2, 0.25) is 0 Å². The molecule has 0 saturated carbocycles. The summed E-state index contributed by atoms with van der Waals surface area (Å²) in [6.45, 7) is 7.25. The van der Waals surface area contributed by atoms with Gasteiger partial charge >= 0.3 is 39.5 Å². The lowest BCUT2D eigenvalue weighted by Gasteiger charge is -2.21. The molecule has 0 saturated heterocycles. The normalized spacial score (nSPS) is 14.3. The molecule has 3 unspecified atom stereocenters. The van der Waals surface area contributed by atoms with Crippen molar-refractivity contribution in [1.82, 2.24) is 0 Å². The number of esters is 4. The fraction of sp³-hybridized carbons (Fsp3) is 0.899. The average Bonchev–Trinajstić information content (AvgIpc) is 1.04. The predicted molar refractivity (Wildman–Crippen MR) is 400 cm³/mol. The van der Waals surface area contributed by atoms with E-state index in [1.807, 2.05) is 0 Å². The molecule has 0 aromatic rings. The summed E-state index contributed by atoms with van der Waals surface area (Å²) in [5, 5.41) is 10.6. The van der Waals surface area contributed by atoms with Crippen LogP contribution in [0.5, 0.6) is 0 Å². The Morgan fingerprint density at radius 1 is 0.327 bits per heavy atom. The van der Waals surface area contributed by atoms with Gasteiger partial charge in [0.25, 0.3) is 0 Å². The van der Waals surface area contributed by atoms with Crippen molar-refractivity contribution < 1.29 is 80.2 Å². The van der Waals surface area contributed by atoms with Crippen LogP contribution < -0.4 is 0 Å². The fourth-order valence-electron chi connectivity index (χ4n) is 11.7. The first-order valence-electron chi connectivity index (χ1n) is 40.5. The molecule has 98 heavy (non-hydrogen) atoms. The van der Waals surface area contributed by atoms with Crippen molar-refractivity contribution in [2.24, 2.45) is 5.92 Å². The summed E-state index contributed by atoms with van der Waals surface area (Å²) in [4.78, 5) is 72.9. The summed E-state index contributed by atoms with van der Waals surface area (Å²) in [5.74, 6) is -1.36. The first kappa shape index (κ1) is 95.5. The van der Waals surface area contributed by atoms with Crippen LogP contribution in [0.15, 0.2) is 24.3 Å². The van der Waals surface area contributed by atoms with Crippen molar-refractivity contribution in [3.8, 4) is 0 Å². The summed E-state index contributed by atoms with van der Waals surface area (Å²) in [7, 11) is -9.93. The predicted octanol–water partition coefficient (Wildman–Crippen LogP) is 23.2. The Kier molecular flexibility index (Phi) is 69.7. The van der Waals surface area contributed by atoms with Crippen molar-refractivity contribution >= 4 is 39.5 Å². The number of carbonyl (C=O) groups is 4. The molecule has 0 heterocycles. The van der Waals surface area contributed by atoms with E-state index >= 15 is 0 Å². The number of allylic oxidation sites excluding steroid dienone is 4. The third-order valence-electron chi connectivity index (χ3n) is 18.3. The number of phosphoric acid groups is 2. The maximum absolute atomic E-state index is 13.1. The molecule has 3 N–H and O–H groups in total. The van der Waals surface area contributed by atoms with Crippen molar-refractivity contribution in [2.45, 2.75) is 412 Å². The zero-order valence-corrected chi connectivity index (χ0v) is 65.2. The van der Waals surface area contributed by atoms with Gasteiger partial charge in [0.2, 0.25) is 0 Å². The van der Waals surface area contributed by atoms with Crippen LogP contribution in [-0.4, -0.2) is 96.7 Å². The maximum Gasteiger partial charge on any atom is 0.472 e. The molecule has 0 aliphatic heterocycles. The summed E-state index contributed by atoms with van der Waals surface area (Å²) in [5.41, 5.74) is 0. The van der Waals surface area contributed by atoms with Gasteiger partial charge in [-0.2, -0.15) is 0 Å². The van der Waals surface area contributed by atoms with Gasteiger partial charge in [0.1, 0.15) is 19.3 Å². The SMILES string of the molecule is CCCCCC/C=C\C=C/CCCCCCCC(=O)OC[C@H](COP(=O)(O)OC[C@@H](O)COP(=O)(O)OC[C@@H](COC(=O)CCCCCCCCCCC(C)CC)OC(=O)CCCCCCCCCCCCCCC)OC(=O)CCCCCCCCCCCCCCCCCCCC. The molecule has 0 radical (unpaired) electrons. The Balaban J connectivity index is 5.29. The van der Waals surface area contributed by atoms with Crippen molar-refractivity contribution in [2.75, 3.05) is 39.6 Å². The quantitative estimate of drug-likeness (QED) is 0.0169. The minimum atomic E-state index is -4.97. The third-order valence-corrected chi connectivity index (χ3v) is 20.2. The van der Waals surface area contributed by atoms with E-state index in [9.17, 15) is 43.2 Å². The van der Waals surface area contributed by atoms with Crippen LogP contribution in [0, 0.1) is 5.92 Å². The molecule has 0 fully saturated rings. The van der Waals surface area contributed by atoms with Gasteiger partial charge in [-0.1, -0.05) is 341 Å². The topological polar surface area (TPSA) is 237 Å². The molecule has 0 bridgehead atoms. The summed E-state index contributed by atoms with van der Waals surface area (Å²) in [6, 6.07) is 0. The number of ether oxygens (including phenoxy) is 4. The molecule has 0 aliphatic rings. The molecule has 0 amide bonds. The van der Waals surface area contributed by atoms with Gasteiger partial charge in [-0.3, -0.25) is 37.3 Å². The zero-order chi connectivity index (χ0) is 71.9. The highest BCUT2D eigenvalue weighted by Gasteiger charge is 2.30. The van der Waals surface area contributed by atoms with Crippen LogP contribution in [0.25, 0.3) is 0 Å². The first-order valence-corrected chi connectivity index (χ1v) is 43.5. The molecule has 0 rings (SSSR count). The Bertz CT molecular complexity index is 1970. The lowest BCUT2D eigenvalue weighted by atomic mass is 9.99. The largest absolute Gasteiger partial charge is 0.472 e. The number of carbonyl (C=O) groups excluding carboxylic acids is 4. The van der Waals surface area contributed by atoms with E-state index in [1.165, 1.54) is 199 Å². The molecule has 0 aromatic heterocycles. The lowest BCUT2D eigenvalue weighted by Crippen LogP contribution is -2.30. The van der Waals surface area contributed by atoms with Crippen LogP contribution in [0.3, 0.4) is 0 Å². The molecule has 6 atom stereocenters. The van der Waals surface area contributed by atoms with E-state index in [1.54, 1.807) is 0 Å². The van der Waals surface area contributed by atoms with E-state index in [-0.39, 0.29) is 25.7 Å². The van der Waals surface area contributed by atoms with Crippen LogP contribution in [0.4, 0.5) is 0 Å². The molecule has 19 heteroatoms. The fourth-order valence-corrected chi connectivity index (χ4v) is 13.2. The van der Waals surface area contributed by atoms with E-state index in [0.29, 0.717) is 25.7 Å². The van der Waals surface area contributed by atoms with Crippen molar-refractivity contribution in [3.63, 3.8) is 0 Å². The molecule has 0 aromatic carbocycles. The first-order chi connectivity index (χ1) is 47.6. The van der Waals surface area contributed by atoms with Gasteiger partial charge in [-0.25, -0.2) is 9.13 Å². The van der Waals surface area contributed by atoms with Crippen LogP contribution in [0.1, 0.15) is 394 Å². The van der Waals surface area contributed by atoms with Crippen LogP contribution in [-0.2, 0) is 65.4 Å². The number of unbranched alkanes of at least 4 members (excludes halogenated alkanes) is 45. The molecule has 0 spiro atoms. The van der Waals surface area contributed by atoms with E-state index in [0.717, 1.165) is 115 Å². The average molecular weight is 1430 g/mol. The number of phosphoric ester groups is 2. The third kappa shape index (κ3) is 70.6. The van der Waals surface area contributed by atoms with Crippen molar-refractivity contribution in [1.29, 1.82) is 0 Å². The maximum atomic E-state index is 13.1. The van der Waals surface area contributed by atoms with Gasteiger partial charge in [-0.15, -0.1) is 0 Å². The van der Waals surface area contributed by atoms with E-state index < -0.39 is 97.5 Å². The van der Waals surface area contributed by atoms with E-state index in [4.69, 9.17) is 37.0 Å². The number of aliphatic hydroxyl groups is 1. The second-order valence-electron chi connectivity index (χ2n) is 28.0. The lowest BCUT2D eigenvalue weighted by molar-refractivity contribution is -0.161. The highest BCUT2D eigenvalue weighted by molar-refractivity contribution is 7.47. The second-order valence-corrected chi connectivity index (χ2v) is 30.9. The van der Waals surface area contributed by atoms with E-state index in [2.05, 4.69) is 58.9 Å². The Labute approximate surface area is 599 Å². The summed E-state index contributed by atoms with van der Waals surface area (Å²) in [6.07, 6.45) is 64.5. The van der Waals surface area contributed by atoms with Crippen molar-refractivity contribution in [3.05, 3.63) is 24.3 Å². The minimum Gasteiger partial charge on any atom is -0.462 e. The summed E-state index contributed by atoms with van der Waals surface area (Å²) >= 11 is 0. The zero-order valence-electron chi connectivity index (χ0n) is 63.4. The van der Waals surface area contributed by atoms with Gasteiger partial charge < -0.3 is 33.8 Å². The molecule has 578 valence electrons. The second kappa shape index (κ2) is 71.5. The van der Waals surface area contributed by atoms with Gasteiger partial charge in [-0.05, 0) is 57.3 Å². The monoisotopic (exact) mass is 1430 g/mol. The summed E-state index contributed by atoms with van der Waals surface area (Å²) < 4.78 is 68.6. The number of aliphatic hydroxyl groups excluding tert-OH is 1. The highest BCUT2D eigenvalue weighted by atomic mass is 31.2. The standard InChI is InChI=1S/C79H150O17P2/c1-6-10-13-16-19-22-25-28-30-31-32-34-37-40-43-50-55-60-65-79(84)95-74(68-89-76(81)62-57-52-47-41-38-36-33-29-26-23-20-17-14-11-7-2)70-93-97(85,86)91-66-73(80)67-92-98(87,88)94-71-75(69-90-77(82)63-58-53-48-45-44-46-51-56-61-72(5)9-4)96-78(83)64-59-54-49-42-39-35-27-24-21-18-15-12-8-3/h23,26,29,33,72-75,80H,6-22,24-25,27-28,30-32,34-71H2,1-5H3,(H,85,86)(H,87,88)/b26-23-,33-29-/t72?,73-,74-,75-/m1/s1.